The zero-order chi connectivity index (χ0) is 53.7. The number of Topliss-reactive ketones (excluding diaryl/α,β-unsaturated/α-hetero) is 2. The van der Waals surface area contributed by atoms with Crippen molar-refractivity contribution in [3.05, 3.63) is 282 Å². The van der Waals surface area contributed by atoms with E-state index in [0.29, 0.717) is 66.2 Å². The van der Waals surface area contributed by atoms with Crippen LogP contribution in [0.5, 0.6) is 5.75 Å². The molecule has 0 aliphatic heterocycles. The predicted molar refractivity (Wildman–Crippen MR) is 296 cm³/mol. The Morgan fingerprint density at radius 3 is 0.882 bits per heavy atom. The first-order valence-electron chi connectivity index (χ1n) is 24.4. The number of ketones is 2. The molecule has 384 valence electrons. The van der Waals surface area contributed by atoms with E-state index in [1.807, 2.05) is 194 Å². The second kappa shape index (κ2) is 21.3. The summed E-state index contributed by atoms with van der Waals surface area (Å²) in [6.45, 7) is -7.32. The quantitative estimate of drug-likeness (QED) is 0.0371. The molecule has 9 aromatic rings. The standard InChI is InChI=1S/C62H51BF6O5P2/c1-46(70)59-39-23-21-25-48(59)44-75(53-27-9-3-10-28-53,54-29-11-4-12-30-54,55-31-13-5-14-32-55)73-63(72-52-42-50(61(64,65)66)41-51(43-52)62(67,68)69)74-76(56-33-15-6-16-34-56,57-35-17-7-18-36-57,58-37-19-8-20-38-58)45-49-26-22-24-40-60(49)47(2)71/h3-43H,44-45H2,1-2H3. The summed E-state index contributed by atoms with van der Waals surface area (Å²) in [5.41, 5.74) is -1.48. The van der Waals surface area contributed by atoms with E-state index in [9.17, 15) is 9.59 Å². The molecule has 0 saturated heterocycles. The Balaban J connectivity index is 1.51. The third-order valence-corrected chi connectivity index (χ3v) is 25.5. The van der Waals surface area contributed by atoms with Gasteiger partial charge < -0.3 is 0 Å². The van der Waals surface area contributed by atoms with Crippen molar-refractivity contribution in [2.24, 2.45) is 0 Å². The molecular weight excluding hydrogens is 1010 g/mol. The summed E-state index contributed by atoms with van der Waals surface area (Å²) >= 11 is 0. The van der Waals surface area contributed by atoms with Crippen LogP contribution >= 0.6 is 13.7 Å². The van der Waals surface area contributed by atoms with E-state index in [-0.39, 0.29) is 30.0 Å². The molecule has 0 aliphatic carbocycles. The molecule has 0 aromatic heterocycles. The van der Waals surface area contributed by atoms with E-state index in [2.05, 4.69) is 0 Å². The Labute approximate surface area is 438 Å². The van der Waals surface area contributed by atoms with Gasteiger partial charge in [-0.3, -0.25) is 0 Å². The minimum absolute atomic E-state index is 0.0385. The molecule has 0 amide bonds. The van der Waals surface area contributed by atoms with Gasteiger partial charge in [0, 0.05) is 0 Å². The third-order valence-electron chi connectivity index (χ3n) is 14.0. The zero-order valence-corrected chi connectivity index (χ0v) is 43.2. The molecule has 5 nitrogen and oxygen atoms in total. The van der Waals surface area contributed by atoms with E-state index < -0.39 is 50.2 Å². The van der Waals surface area contributed by atoms with E-state index in [1.54, 1.807) is 36.4 Å². The zero-order valence-electron chi connectivity index (χ0n) is 41.4. The molecule has 0 saturated carbocycles. The van der Waals surface area contributed by atoms with Crippen molar-refractivity contribution in [1.29, 1.82) is 0 Å². The molecule has 9 rings (SSSR count). The average Bonchev–Trinajstić information content (AvgIpc) is 3.63. The Hall–Kier alpha value is -7.46. The fourth-order valence-electron chi connectivity index (χ4n) is 10.5. The van der Waals surface area contributed by atoms with Crippen molar-refractivity contribution in [3.8, 4) is 5.75 Å². The number of hydrogen-bond donors (Lipinski definition) is 0. The van der Waals surface area contributed by atoms with Crippen LogP contribution in [0, 0.1) is 0 Å². The van der Waals surface area contributed by atoms with Crippen LogP contribution in [-0.4, -0.2) is 18.9 Å². The summed E-state index contributed by atoms with van der Waals surface area (Å²) < 4.78 is 114. The minimum atomic E-state index is -5.27. The Bertz CT molecular complexity index is 3050. The molecule has 0 spiro atoms. The fourth-order valence-corrected chi connectivity index (χ4v) is 22.0. The van der Waals surface area contributed by atoms with E-state index >= 15 is 26.3 Å². The maximum atomic E-state index is 15.0. The van der Waals surface area contributed by atoms with Crippen LogP contribution < -0.4 is 36.5 Å². The van der Waals surface area contributed by atoms with Crippen molar-refractivity contribution in [1.82, 2.24) is 0 Å². The third kappa shape index (κ3) is 9.83. The summed E-state index contributed by atoms with van der Waals surface area (Å²) in [5.74, 6) is -1.39. The van der Waals surface area contributed by atoms with Gasteiger partial charge in [-0.2, -0.15) is 0 Å². The summed E-state index contributed by atoms with van der Waals surface area (Å²) in [6, 6.07) is 70.3. The normalized spacial score (nSPS) is 13.1. The number of halogens is 6. The Morgan fingerprint density at radius 2 is 0.632 bits per heavy atom. The van der Waals surface area contributed by atoms with Gasteiger partial charge in [0.05, 0.1) is 0 Å². The van der Waals surface area contributed by atoms with Crippen molar-refractivity contribution in [2.45, 2.75) is 38.5 Å². The number of hydrogen-bond acceptors (Lipinski definition) is 5. The molecule has 0 N–H and O–H groups in total. The molecule has 9 aromatic carbocycles. The summed E-state index contributed by atoms with van der Waals surface area (Å²) in [7, 11) is -2.25. The first kappa shape index (κ1) is 53.4. The number of alkyl halides is 6. The van der Waals surface area contributed by atoms with Gasteiger partial charge in [0.15, 0.2) is 0 Å². The van der Waals surface area contributed by atoms with Gasteiger partial charge in [-0.05, 0) is 0 Å². The van der Waals surface area contributed by atoms with Gasteiger partial charge >= 0.3 is 440 Å². The molecule has 0 fully saturated rings. The maximum absolute atomic E-state index is 15.0. The molecule has 0 bridgehead atoms. The van der Waals surface area contributed by atoms with Crippen LogP contribution in [0.4, 0.5) is 26.3 Å². The van der Waals surface area contributed by atoms with Gasteiger partial charge in [0.2, 0.25) is 0 Å². The summed E-state index contributed by atoms with van der Waals surface area (Å²) in [6.07, 6.45) is -10.7. The predicted octanol–water partition coefficient (Wildman–Crippen LogP) is 13.8. The van der Waals surface area contributed by atoms with E-state index in [0.717, 1.165) is 0 Å². The van der Waals surface area contributed by atoms with Gasteiger partial charge in [-0.1, -0.05) is 0 Å². The number of carbonyl (C=O) groups excluding carboxylic acids is 2. The molecular formula is C62H51BF6O5P2. The van der Waals surface area contributed by atoms with Crippen LogP contribution in [0.1, 0.15) is 56.8 Å². The van der Waals surface area contributed by atoms with Crippen LogP contribution in [0.25, 0.3) is 0 Å². The molecule has 0 heterocycles. The number of benzene rings is 9. The molecule has 0 atom stereocenters. The summed E-state index contributed by atoms with van der Waals surface area (Å²) in [4.78, 5) is 27.7. The summed E-state index contributed by atoms with van der Waals surface area (Å²) in [5, 5.41) is 3.35. The second-order valence-corrected chi connectivity index (χ2v) is 27.5. The Morgan fingerprint density at radius 1 is 0.382 bits per heavy atom. The van der Waals surface area contributed by atoms with Gasteiger partial charge in [0.1, 0.15) is 0 Å². The SMILES string of the molecule is CC(=O)c1ccccc1CP(OB(Oc1cc(C(F)(F)F)cc(C(F)(F)F)c1)OP(Cc1ccccc1C(C)=O)(c1ccccc1)(c1ccccc1)c1ccccc1)(c1ccccc1)(c1ccccc1)c1ccccc1. The molecule has 0 unspecified atom stereocenters. The van der Waals surface area contributed by atoms with E-state index in [1.165, 1.54) is 13.8 Å². The van der Waals surface area contributed by atoms with Crippen LogP contribution in [0.3, 0.4) is 0 Å². The van der Waals surface area contributed by atoms with Crippen molar-refractivity contribution < 1.29 is 49.5 Å². The molecule has 0 aliphatic rings. The first-order chi connectivity index (χ1) is 36.5. The number of rotatable bonds is 18. The average molecular weight is 1060 g/mol. The monoisotopic (exact) mass is 1060 g/mol. The van der Waals surface area contributed by atoms with Crippen LogP contribution in [0.2, 0.25) is 0 Å². The molecule has 0 radical (unpaired) electrons. The molecule has 76 heavy (non-hydrogen) atoms. The van der Waals surface area contributed by atoms with Crippen molar-refractivity contribution in [2.75, 3.05) is 0 Å². The topological polar surface area (TPSA) is 61.8 Å². The number of carbonyl (C=O) groups is 2. The Kier molecular flexibility index (Phi) is 14.9. The van der Waals surface area contributed by atoms with Crippen molar-refractivity contribution in [3.63, 3.8) is 0 Å². The van der Waals surface area contributed by atoms with Gasteiger partial charge in [-0.25, -0.2) is 0 Å². The first-order valence-corrected chi connectivity index (χ1v) is 29.0. The van der Waals surface area contributed by atoms with E-state index in [4.69, 9.17) is 13.5 Å². The van der Waals surface area contributed by atoms with Gasteiger partial charge in [0.25, 0.3) is 0 Å². The van der Waals surface area contributed by atoms with Crippen molar-refractivity contribution >= 4 is 64.4 Å². The van der Waals surface area contributed by atoms with Crippen LogP contribution in [0.15, 0.2) is 249 Å². The second-order valence-electron chi connectivity index (χ2n) is 18.5. The van der Waals surface area contributed by atoms with Crippen LogP contribution in [-0.2, 0) is 33.6 Å². The molecule has 14 heteroatoms. The van der Waals surface area contributed by atoms with Gasteiger partial charge in [-0.15, -0.1) is 0 Å². The fraction of sp³-hybridized carbons (Fsp3) is 0.0968.